The number of hydrogen-bond acceptors (Lipinski definition) is 4. The second-order valence-electron chi connectivity index (χ2n) is 5.96. The number of piperidine rings is 1. The Labute approximate surface area is 140 Å². The van der Waals surface area contributed by atoms with E-state index < -0.39 is 10.0 Å². The van der Waals surface area contributed by atoms with Crippen LogP contribution in [0.3, 0.4) is 0 Å². The van der Waals surface area contributed by atoms with Crippen LogP contribution in [0.15, 0.2) is 59.8 Å². The summed E-state index contributed by atoms with van der Waals surface area (Å²) in [5, 5.41) is 10.0. The molecule has 1 fully saturated rings. The monoisotopic (exact) mass is 342 g/mol. The lowest BCUT2D eigenvalue weighted by Crippen LogP contribution is -2.39. The molecule has 6 nitrogen and oxygen atoms in total. The molecule has 0 unspecified atom stereocenters. The third-order valence-electron chi connectivity index (χ3n) is 4.55. The molecular weight excluding hydrogens is 324 g/mol. The quantitative estimate of drug-likeness (QED) is 0.733. The fourth-order valence-corrected chi connectivity index (χ4v) is 4.97. The van der Waals surface area contributed by atoms with Crippen LogP contribution in [0.4, 0.5) is 0 Å². The first-order valence-corrected chi connectivity index (χ1v) is 9.44. The van der Waals surface area contributed by atoms with Crippen molar-refractivity contribution in [1.29, 1.82) is 0 Å². The molecule has 1 saturated heterocycles. The van der Waals surface area contributed by atoms with Crippen molar-refractivity contribution in [3.8, 4) is 0 Å². The van der Waals surface area contributed by atoms with Gasteiger partial charge in [-0.1, -0.05) is 36.4 Å². The summed E-state index contributed by atoms with van der Waals surface area (Å²) in [6.07, 6.45) is 4.75. The maximum Gasteiger partial charge on any atom is 0.243 e. The molecule has 0 saturated carbocycles. The molecule has 7 heteroatoms. The normalized spacial score (nSPS) is 17.3. The largest absolute Gasteiger partial charge is 0.243 e. The Morgan fingerprint density at radius 3 is 2.33 bits per heavy atom. The molecule has 24 heavy (non-hydrogen) atoms. The second kappa shape index (κ2) is 5.99. The lowest BCUT2D eigenvalue weighted by molar-refractivity contribution is 0.245. The van der Waals surface area contributed by atoms with Gasteiger partial charge in [0, 0.05) is 18.5 Å². The molecule has 0 amide bonds. The Balaban J connectivity index is 1.62. The number of hydrogen-bond donors (Lipinski definition) is 0. The van der Waals surface area contributed by atoms with Gasteiger partial charge in [0.1, 0.15) is 0 Å². The van der Waals surface area contributed by atoms with E-state index in [1.54, 1.807) is 33.6 Å². The van der Waals surface area contributed by atoms with Crippen LogP contribution in [-0.4, -0.2) is 40.8 Å². The summed E-state index contributed by atoms with van der Waals surface area (Å²) in [6, 6.07) is 13.2. The maximum atomic E-state index is 13.1. The summed E-state index contributed by atoms with van der Waals surface area (Å²) in [4.78, 5) is 2.07. The van der Waals surface area contributed by atoms with E-state index in [9.17, 15) is 8.42 Å². The van der Waals surface area contributed by atoms with E-state index in [0.717, 1.165) is 23.6 Å². The molecule has 0 aliphatic carbocycles. The van der Waals surface area contributed by atoms with E-state index in [4.69, 9.17) is 0 Å². The maximum absolute atomic E-state index is 13.1. The van der Waals surface area contributed by atoms with Crippen molar-refractivity contribution in [2.45, 2.75) is 23.8 Å². The average molecular weight is 342 g/mol. The van der Waals surface area contributed by atoms with Gasteiger partial charge >= 0.3 is 0 Å². The molecule has 1 aliphatic rings. The minimum absolute atomic E-state index is 0.166. The molecule has 0 atom stereocenters. The molecule has 0 bridgehead atoms. The lowest BCUT2D eigenvalue weighted by atomic mass is 10.1. The number of sulfonamides is 1. The summed E-state index contributed by atoms with van der Waals surface area (Å²) in [5.74, 6) is 0. The van der Waals surface area contributed by atoms with E-state index in [1.807, 2.05) is 30.3 Å². The van der Waals surface area contributed by atoms with Crippen molar-refractivity contribution in [2.24, 2.45) is 0 Å². The highest BCUT2D eigenvalue weighted by molar-refractivity contribution is 7.89. The fraction of sp³-hybridized carbons (Fsp3) is 0.294. The van der Waals surface area contributed by atoms with Gasteiger partial charge in [0.05, 0.1) is 23.3 Å². The van der Waals surface area contributed by atoms with Crippen LogP contribution in [0.2, 0.25) is 0 Å². The highest BCUT2D eigenvalue weighted by Gasteiger charge is 2.31. The smallest absolute Gasteiger partial charge is 0.207 e. The molecule has 2 aromatic carbocycles. The van der Waals surface area contributed by atoms with Crippen molar-refractivity contribution in [3.05, 3.63) is 54.9 Å². The Bertz CT molecular complexity index is 940. The number of aromatic nitrogens is 3. The zero-order valence-corrected chi connectivity index (χ0v) is 13.9. The predicted molar refractivity (Wildman–Crippen MR) is 91.0 cm³/mol. The molecule has 1 aliphatic heterocycles. The summed E-state index contributed by atoms with van der Waals surface area (Å²) in [7, 11) is -3.50. The number of rotatable bonds is 3. The minimum atomic E-state index is -3.50. The summed E-state index contributed by atoms with van der Waals surface area (Å²) in [5.41, 5.74) is 0. The molecule has 2 heterocycles. The minimum Gasteiger partial charge on any atom is -0.207 e. The fourth-order valence-electron chi connectivity index (χ4n) is 3.29. The first-order valence-electron chi connectivity index (χ1n) is 8.00. The van der Waals surface area contributed by atoms with Crippen molar-refractivity contribution < 1.29 is 8.42 Å². The van der Waals surface area contributed by atoms with Crippen LogP contribution >= 0.6 is 0 Å². The van der Waals surface area contributed by atoms with Gasteiger partial charge in [-0.05, 0) is 24.3 Å². The van der Waals surface area contributed by atoms with Crippen molar-refractivity contribution >= 4 is 20.8 Å². The standard InChI is InChI=1S/C17H18N4O2S/c22-24(23,17-7-3-5-14-4-1-2-6-16(14)17)20-12-8-15(9-13-20)21-18-10-11-19-21/h1-7,10-11,15H,8-9,12-13H2. The van der Waals surface area contributed by atoms with E-state index in [-0.39, 0.29) is 6.04 Å². The topological polar surface area (TPSA) is 68.1 Å². The number of benzene rings is 2. The molecule has 0 spiro atoms. The Morgan fingerprint density at radius 2 is 1.58 bits per heavy atom. The zero-order chi connectivity index (χ0) is 16.6. The van der Waals surface area contributed by atoms with Gasteiger partial charge in [0.2, 0.25) is 10.0 Å². The van der Waals surface area contributed by atoms with Crippen LogP contribution in [0.1, 0.15) is 18.9 Å². The van der Waals surface area contributed by atoms with Gasteiger partial charge in [-0.3, -0.25) is 0 Å². The van der Waals surface area contributed by atoms with Gasteiger partial charge in [0.15, 0.2) is 0 Å². The Kier molecular flexibility index (Phi) is 3.82. The summed E-state index contributed by atoms with van der Waals surface area (Å²) < 4.78 is 27.7. The van der Waals surface area contributed by atoms with Crippen molar-refractivity contribution in [1.82, 2.24) is 19.3 Å². The van der Waals surface area contributed by atoms with E-state index >= 15 is 0 Å². The summed E-state index contributed by atoms with van der Waals surface area (Å²) >= 11 is 0. The first-order chi connectivity index (χ1) is 11.7. The first kappa shape index (κ1) is 15.3. The van der Waals surface area contributed by atoms with Crippen molar-refractivity contribution in [3.63, 3.8) is 0 Å². The van der Waals surface area contributed by atoms with E-state index in [1.165, 1.54) is 0 Å². The van der Waals surface area contributed by atoms with Gasteiger partial charge in [-0.2, -0.15) is 19.3 Å². The predicted octanol–water partition coefficient (Wildman–Crippen LogP) is 2.46. The van der Waals surface area contributed by atoms with Gasteiger partial charge < -0.3 is 0 Å². The molecule has 4 rings (SSSR count). The van der Waals surface area contributed by atoms with Crippen molar-refractivity contribution in [2.75, 3.05) is 13.1 Å². The van der Waals surface area contributed by atoms with Crippen LogP contribution in [0, 0.1) is 0 Å². The van der Waals surface area contributed by atoms with Crippen LogP contribution < -0.4 is 0 Å². The third-order valence-corrected chi connectivity index (χ3v) is 6.51. The molecule has 124 valence electrons. The second-order valence-corrected chi connectivity index (χ2v) is 7.87. The summed E-state index contributed by atoms with van der Waals surface area (Å²) in [6.45, 7) is 0.968. The molecule has 0 N–H and O–H groups in total. The Hall–Kier alpha value is -2.25. The molecular formula is C17H18N4O2S. The van der Waals surface area contributed by atoms with Crippen LogP contribution in [0.5, 0.6) is 0 Å². The lowest BCUT2D eigenvalue weighted by Gasteiger charge is -2.30. The van der Waals surface area contributed by atoms with Gasteiger partial charge in [-0.25, -0.2) is 8.42 Å². The number of nitrogens with zero attached hydrogens (tertiary/aromatic N) is 4. The highest BCUT2D eigenvalue weighted by atomic mass is 32.2. The van der Waals surface area contributed by atoms with E-state index in [0.29, 0.717) is 18.0 Å². The number of fused-ring (bicyclic) bond motifs is 1. The average Bonchev–Trinajstić information content (AvgIpc) is 3.16. The molecule has 3 aromatic rings. The zero-order valence-electron chi connectivity index (χ0n) is 13.1. The van der Waals surface area contributed by atoms with Gasteiger partial charge in [0.25, 0.3) is 0 Å². The van der Waals surface area contributed by atoms with E-state index in [2.05, 4.69) is 10.2 Å². The third kappa shape index (κ3) is 2.59. The Morgan fingerprint density at radius 1 is 0.917 bits per heavy atom. The SMILES string of the molecule is O=S(=O)(c1cccc2ccccc12)N1CCC(n2nccn2)CC1. The van der Waals surface area contributed by atoms with Crippen LogP contribution in [-0.2, 0) is 10.0 Å². The van der Waals surface area contributed by atoms with Crippen LogP contribution in [0.25, 0.3) is 10.8 Å². The molecule has 0 radical (unpaired) electrons. The van der Waals surface area contributed by atoms with Gasteiger partial charge in [-0.15, -0.1) is 0 Å². The molecule has 1 aromatic heterocycles. The highest BCUT2D eigenvalue weighted by Crippen LogP contribution is 2.29.